The van der Waals surface area contributed by atoms with Gasteiger partial charge in [0.25, 0.3) is 5.91 Å². The van der Waals surface area contributed by atoms with Crippen LogP contribution in [0.5, 0.6) is 11.8 Å². The fourth-order valence-electron chi connectivity index (χ4n) is 4.52. The van der Waals surface area contributed by atoms with E-state index >= 15 is 0 Å². The number of para-hydroxylation sites is 1. The molecule has 0 fully saturated rings. The van der Waals surface area contributed by atoms with Gasteiger partial charge in [0, 0.05) is 55.9 Å². The van der Waals surface area contributed by atoms with Gasteiger partial charge in [-0.05, 0) is 49.6 Å². The highest BCUT2D eigenvalue weighted by Crippen LogP contribution is 2.36. The number of imidazole rings is 1. The molecule has 48 heavy (non-hydrogen) atoms. The molecule has 0 atom stereocenters. The zero-order chi connectivity index (χ0) is 34.8. The summed E-state index contributed by atoms with van der Waals surface area (Å²) in [6.07, 6.45) is 7.88. The fourth-order valence-corrected chi connectivity index (χ4v) is 5.13. The van der Waals surface area contributed by atoms with E-state index in [0.717, 1.165) is 17.6 Å². The van der Waals surface area contributed by atoms with E-state index in [9.17, 15) is 14.4 Å². The minimum absolute atomic E-state index is 0.0119. The molecule has 0 saturated carbocycles. The van der Waals surface area contributed by atoms with Crippen molar-refractivity contribution >= 4 is 70.1 Å². The third-order valence-electron chi connectivity index (χ3n) is 7.11. The first-order chi connectivity index (χ1) is 23.1. The van der Waals surface area contributed by atoms with Gasteiger partial charge in [0.2, 0.25) is 17.6 Å². The number of benzene rings is 2. The van der Waals surface area contributed by atoms with Crippen molar-refractivity contribution in [1.82, 2.24) is 30.2 Å². The monoisotopic (exact) mass is 694 g/mol. The number of hydrogen-bond acceptors (Lipinski definition) is 9. The number of fused-ring (bicyclic) bond motifs is 1. The van der Waals surface area contributed by atoms with Gasteiger partial charge in [-0.2, -0.15) is 4.98 Å². The maximum Gasteiger partial charge on any atom is 0.301 e. The van der Waals surface area contributed by atoms with E-state index < -0.39 is 11.8 Å². The third-order valence-corrected chi connectivity index (χ3v) is 7.89. The van der Waals surface area contributed by atoms with Gasteiger partial charge in [-0.15, -0.1) is 0 Å². The molecule has 2 heterocycles. The number of aromatic nitrogens is 4. The van der Waals surface area contributed by atoms with Crippen molar-refractivity contribution < 1.29 is 23.9 Å². The maximum absolute atomic E-state index is 13.0. The zero-order valence-corrected chi connectivity index (χ0v) is 28.7. The Kier molecular flexibility index (Phi) is 12.5. The van der Waals surface area contributed by atoms with Crippen LogP contribution in [-0.4, -0.2) is 71.2 Å². The van der Waals surface area contributed by atoms with Crippen LogP contribution in [-0.2, 0) is 22.6 Å². The van der Waals surface area contributed by atoms with Gasteiger partial charge in [0.15, 0.2) is 0 Å². The van der Waals surface area contributed by atoms with Crippen LogP contribution in [0.15, 0.2) is 53.4 Å². The summed E-state index contributed by atoms with van der Waals surface area (Å²) in [4.78, 5) is 55.4. The summed E-state index contributed by atoms with van der Waals surface area (Å²) < 4.78 is 13.5. The van der Waals surface area contributed by atoms with Gasteiger partial charge >= 0.3 is 6.01 Å². The molecule has 4 rings (SSSR count). The second-order valence-electron chi connectivity index (χ2n) is 10.5. The first-order valence-corrected chi connectivity index (χ1v) is 15.7. The van der Waals surface area contributed by atoms with Crippen molar-refractivity contribution in [3.8, 4) is 11.8 Å². The van der Waals surface area contributed by atoms with Gasteiger partial charge in [-0.1, -0.05) is 36.2 Å². The highest BCUT2D eigenvalue weighted by atomic mass is 35.5. The minimum Gasteiger partial charge on any atom is -0.486 e. The van der Waals surface area contributed by atoms with Crippen LogP contribution in [0, 0.1) is 0 Å². The lowest BCUT2D eigenvalue weighted by atomic mass is 10.2. The van der Waals surface area contributed by atoms with Gasteiger partial charge in [0.05, 0.1) is 35.6 Å². The van der Waals surface area contributed by atoms with E-state index in [1.165, 1.54) is 31.5 Å². The molecule has 3 amide bonds. The molecule has 2 aromatic heterocycles. The number of rotatable bonds is 14. The van der Waals surface area contributed by atoms with Crippen molar-refractivity contribution in [2.24, 2.45) is 4.99 Å². The molecule has 4 aromatic rings. The largest absolute Gasteiger partial charge is 0.486 e. The number of anilines is 1. The molecule has 252 valence electrons. The second kappa shape index (κ2) is 16.7. The van der Waals surface area contributed by atoms with Crippen LogP contribution in [0.25, 0.3) is 17.2 Å². The number of likely N-dealkylation sites (N-methyl/N-ethyl adjacent to an activating group) is 1. The Balaban J connectivity index is 1.41. The Hall–Kier alpha value is -5.01. The second-order valence-corrected chi connectivity index (χ2v) is 11.2. The number of nitrogens with zero attached hydrogens (tertiary/aromatic N) is 6. The van der Waals surface area contributed by atoms with Crippen LogP contribution in [0.3, 0.4) is 0 Å². The highest BCUT2D eigenvalue weighted by Gasteiger charge is 2.20. The molecule has 15 heteroatoms. The van der Waals surface area contributed by atoms with Crippen molar-refractivity contribution in [3.63, 3.8) is 0 Å². The van der Waals surface area contributed by atoms with E-state index in [4.69, 9.17) is 32.7 Å². The summed E-state index contributed by atoms with van der Waals surface area (Å²) in [6, 6.07) is 9.13. The fraction of sp³-hybridized carbons (Fsp3) is 0.303. The van der Waals surface area contributed by atoms with Gasteiger partial charge in [-0.25, -0.2) is 9.97 Å². The van der Waals surface area contributed by atoms with Gasteiger partial charge in [0.1, 0.15) is 17.9 Å². The van der Waals surface area contributed by atoms with E-state index in [1.54, 1.807) is 29.8 Å². The van der Waals surface area contributed by atoms with Crippen molar-refractivity contribution in [3.05, 3.63) is 75.4 Å². The Morgan fingerprint density at radius 1 is 1.12 bits per heavy atom. The molecule has 0 aliphatic rings. The van der Waals surface area contributed by atoms with Crippen LogP contribution in [0.4, 0.5) is 5.69 Å². The summed E-state index contributed by atoms with van der Waals surface area (Å²) >= 11 is 13.3. The average molecular weight is 696 g/mol. The van der Waals surface area contributed by atoms with Crippen molar-refractivity contribution in [1.29, 1.82) is 0 Å². The van der Waals surface area contributed by atoms with Gasteiger partial charge in [-0.3, -0.25) is 23.9 Å². The number of aliphatic imine (C=N–C) groups is 1. The number of carbonyl (C=O) groups is 3. The number of methoxy groups -OCH3 is 1. The number of amides is 3. The zero-order valence-electron chi connectivity index (χ0n) is 27.2. The number of carbonyl (C=O) groups excluding carboxylic acids is 3. The molecule has 0 aliphatic heterocycles. The van der Waals surface area contributed by atoms with Crippen molar-refractivity contribution in [2.75, 3.05) is 32.6 Å². The predicted molar refractivity (Wildman–Crippen MR) is 186 cm³/mol. The SMILES string of the molecule is CCC=N/C(C)=C\n1c(OC)nc2c(OCc3c(Cl)ccc(N(C)C(=O)CNC(=O)CCc4cnc(C(=O)NC)nc4)c3Cl)cccc21. The molecular weight excluding hydrogens is 659 g/mol. The van der Waals surface area contributed by atoms with Gasteiger partial charge < -0.3 is 25.0 Å². The number of aryl methyl sites for hydroxylation is 1. The number of halogens is 2. The van der Waals surface area contributed by atoms with E-state index in [0.29, 0.717) is 45.5 Å². The van der Waals surface area contributed by atoms with E-state index in [2.05, 4.69) is 30.6 Å². The highest BCUT2D eigenvalue weighted by molar-refractivity contribution is 6.38. The summed E-state index contributed by atoms with van der Waals surface area (Å²) in [5.41, 5.74) is 3.63. The Morgan fingerprint density at radius 2 is 1.88 bits per heavy atom. The minimum atomic E-state index is -0.401. The number of ether oxygens (including phenoxy) is 2. The first-order valence-electron chi connectivity index (χ1n) is 15.0. The Labute approximate surface area is 288 Å². The van der Waals surface area contributed by atoms with Crippen molar-refractivity contribution in [2.45, 2.75) is 39.7 Å². The van der Waals surface area contributed by atoms with E-state index in [1.807, 2.05) is 38.4 Å². The van der Waals surface area contributed by atoms with Crippen LogP contribution < -0.4 is 25.0 Å². The first kappa shape index (κ1) is 35.8. The molecule has 0 spiro atoms. The molecule has 2 N–H and O–H groups in total. The Morgan fingerprint density at radius 3 is 2.56 bits per heavy atom. The van der Waals surface area contributed by atoms with Crippen LogP contribution in [0.1, 0.15) is 48.4 Å². The molecule has 2 aromatic carbocycles. The summed E-state index contributed by atoms with van der Waals surface area (Å²) in [5, 5.41) is 5.65. The lowest BCUT2D eigenvalue weighted by molar-refractivity contribution is -0.124. The molecule has 0 unspecified atom stereocenters. The lowest BCUT2D eigenvalue weighted by Gasteiger charge is -2.21. The average Bonchev–Trinajstić information content (AvgIpc) is 3.45. The molecule has 0 aliphatic carbocycles. The molecular formula is C33H36Cl2N8O5. The molecule has 0 radical (unpaired) electrons. The van der Waals surface area contributed by atoms with Crippen LogP contribution >= 0.6 is 23.2 Å². The van der Waals surface area contributed by atoms with Crippen LogP contribution in [0.2, 0.25) is 10.0 Å². The number of nitrogens with one attached hydrogen (secondary N) is 2. The van der Waals surface area contributed by atoms with E-state index in [-0.39, 0.29) is 36.3 Å². The third kappa shape index (κ3) is 8.66. The quantitative estimate of drug-likeness (QED) is 0.173. The maximum atomic E-state index is 13.0. The molecule has 13 nitrogen and oxygen atoms in total. The number of allylic oxidation sites excluding steroid dienone is 1. The normalized spacial score (nSPS) is 11.5. The standard InChI is InChI=1S/C33H36Cl2N8O5/c1-6-14-37-20(2)18-43-25-8-7-9-26(30(25)41-33(43)47-5)48-19-22-23(34)11-12-24(29(22)35)42(4)28(45)17-38-27(44)13-10-21-15-39-31(40-16-21)32(46)36-3/h7-9,11-12,14-16,18H,6,10,13,17,19H2,1-5H3,(H,36,46)(H,38,44)/b20-18-,37-14?. The topological polar surface area (TPSA) is 153 Å². The lowest BCUT2D eigenvalue weighted by Crippen LogP contribution is -2.38. The summed E-state index contributed by atoms with van der Waals surface area (Å²) in [7, 11) is 4.58. The molecule has 0 saturated heterocycles. The summed E-state index contributed by atoms with van der Waals surface area (Å²) in [6.45, 7) is 3.63. The Bertz CT molecular complexity index is 1860. The number of hydrogen-bond donors (Lipinski definition) is 2. The predicted octanol–water partition coefficient (Wildman–Crippen LogP) is 5.09. The summed E-state index contributed by atoms with van der Waals surface area (Å²) in [5.74, 6) is -0.618. The molecule has 0 bridgehead atoms. The smallest absolute Gasteiger partial charge is 0.301 e.